The van der Waals surface area contributed by atoms with Crippen LogP contribution in [0, 0.1) is 6.92 Å². The summed E-state index contributed by atoms with van der Waals surface area (Å²) in [6, 6.07) is 12.0. The van der Waals surface area contributed by atoms with Crippen molar-refractivity contribution < 1.29 is 27.8 Å². The fraction of sp³-hybridized carbons (Fsp3) is 0.217. The van der Waals surface area contributed by atoms with Crippen molar-refractivity contribution in [2.75, 3.05) is 0 Å². The summed E-state index contributed by atoms with van der Waals surface area (Å²) in [4.78, 5) is 28.3. The van der Waals surface area contributed by atoms with Gasteiger partial charge in [0.2, 0.25) is 0 Å². The number of aromatic nitrogens is 2. The van der Waals surface area contributed by atoms with Crippen LogP contribution in [0.2, 0.25) is 0 Å². The Hall–Kier alpha value is -3.57. The molecule has 0 aliphatic carbocycles. The van der Waals surface area contributed by atoms with Gasteiger partial charge in [0.25, 0.3) is 5.56 Å². The number of alkyl halides is 3. The van der Waals surface area contributed by atoms with Gasteiger partial charge in [-0.2, -0.15) is 0 Å². The third-order valence-corrected chi connectivity index (χ3v) is 6.29. The number of nitrogens with one attached hydrogen (secondary N) is 1. The number of hydrogen-bond donors (Lipinski definition) is 2. The average Bonchev–Trinajstić information content (AvgIpc) is 3.09. The molecule has 0 spiro atoms. The van der Waals surface area contributed by atoms with Crippen molar-refractivity contribution in [1.29, 1.82) is 0 Å². The van der Waals surface area contributed by atoms with Crippen molar-refractivity contribution in [3.8, 4) is 27.7 Å². The topological polar surface area (TPSA) is 93.5 Å². The van der Waals surface area contributed by atoms with Crippen LogP contribution in [0.3, 0.4) is 0 Å². The maximum atomic E-state index is 12.4. The first-order valence-corrected chi connectivity index (χ1v) is 10.9. The van der Waals surface area contributed by atoms with Crippen LogP contribution in [0.5, 0.6) is 17.2 Å². The lowest BCUT2D eigenvalue weighted by atomic mass is 10.1. The maximum absolute atomic E-state index is 12.4. The van der Waals surface area contributed by atoms with Crippen molar-refractivity contribution in [3.63, 3.8) is 0 Å². The van der Waals surface area contributed by atoms with Crippen molar-refractivity contribution in [2.45, 2.75) is 32.9 Å². The average molecular weight is 492 g/mol. The molecule has 34 heavy (non-hydrogen) atoms. The van der Waals surface area contributed by atoms with Crippen LogP contribution in [-0.4, -0.2) is 27.1 Å². The van der Waals surface area contributed by atoms with E-state index in [1.807, 2.05) is 0 Å². The molecule has 11 heteroatoms. The number of hydrogen-bond acceptors (Lipinski definition) is 6. The number of aromatic amines is 1. The second kappa shape index (κ2) is 8.99. The molecule has 0 bridgehead atoms. The summed E-state index contributed by atoms with van der Waals surface area (Å²) in [7, 11) is 0. The van der Waals surface area contributed by atoms with Crippen LogP contribution in [0.25, 0.3) is 20.7 Å². The Morgan fingerprint density at radius 1 is 1.03 bits per heavy atom. The van der Waals surface area contributed by atoms with E-state index in [0.29, 0.717) is 27.3 Å². The quantitative estimate of drug-likeness (QED) is 0.403. The summed E-state index contributed by atoms with van der Waals surface area (Å²) >= 11 is 1.28. The van der Waals surface area contributed by atoms with Gasteiger partial charge in [-0.1, -0.05) is 0 Å². The van der Waals surface area contributed by atoms with Gasteiger partial charge in [0.05, 0.1) is 18.0 Å². The van der Waals surface area contributed by atoms with Crippen molar-refractivity contribution in [3.05, 3.63) is 74.9 Å². The Morgan fingerprint density at radius 2 is 1.59 bits per heavy atom. The first kappa shape index (κ1) is 23.6. The number of fused-ring (bicyclic) bond motifs is 1. The van der Waals surface area contributed by atoms with E-state index in [9.17, 15) is 27.9 Å². The molecule has 2 N–H and O–H groups in total. The number of H-pyrrole nitrogens is 1. The van der Waals surface area contributed by atoms with E-state index in [1.54, 1.807) is 38.1 Å². The molecule has 0 aliphatic heterocycles. The molecule has 1 unspecified atom stereocenters. The van der Waals surface area contributed by atoms with E-state index >= 15 is 0 Å². The molecule has 0 saturated carbocycles. The molecular formula is C23H19F3N2O5S. The fourth-order valence-electron chi connectivity index (χ4n) is 3.50. The standard InChI is InChI=1S/C23H19F3N2O5S/c1-12(29)11-28-21-18(20(30)27-22(28)31)13(2)19(34-21)14-3-5-15(6-4-14)32-16-7-9-17(10-8-16)33-23(24,25)26/h3-10,12,29H,11H2,1-2H3,(H,27,30,31). The van der Waals surface area contributed by atoms with E-state index < -0.39 is 23.7 Å². The third kappa shape index (κ3) is 5.00. The molecule has 0 saturated heterocycles. The number of aliphatic hydroxyl groups is 1. The summed E-state index contributed by atoms with van der Waals surface area (Å²) in [5.74, 6) is 0.435. The molecule has 0 fully saturated rings. The highest BCUT2D eigenvalue weighted by Gasteiger charge is 2.31. The van der Waals surface area contributed by atoms with E-state index in [4.69, 9.17) is 4.74 Å². The van der Waals surface area contributed by atoms with Gasteiger partial charge in [0, 0.05) is 4.88 Å². The van der Waals surface area contributed by atoms with E-state index in [1.165, 1.54) is 28.0 Å². The molecule has 4 rings (SSSR count). The SMILES string of the molecule is Cc1c(-c2ccc(Oc3ccc(OC(F)(F)F)cc3)cc2)sc2c1c(=O)[nH]c(=O)n2CC(C)O. The normalized spacial score (nSPS) is 12.6. The summed E-state index contributed by atoms with van der Waals surface area (Å²) < 4.78 is 47.7. The third-order valence-electron chi connectivity index (χ3n) is 4.92. The lowest BCUT2D eigenvalue weighted by Gasteiger charge is -2.10. The molecule has 4 aromatic rings. The molecule has 0 amide bonds. The molecule has 1 atom stereocenters. The summed E-state index contributed by atoms with van der Waals surface area (Å²) in [6.07, 6.45) is -5.54. The molecule has 2 aromatic carbocycles. The molecule has 7 nitrogen and oxygen atoms in total. The number of thiophene rings is 1. The summed E-state index contributed by atoms with van der Waals surface area (Å²) in [5.41, 5.74) is 0.422. The van der Waals surface area contributed by atoms with E-state index in [-0.39, 0.29) is 12.3 Å². The summed E-state index contributed by atoms with van der Waals surface area (Å²) in [5, 5.41) is 10.1. The second-order valence-electron chi connectivity index (χ2n) is 7.60. The highest BCUT2D eigenvalue weighted by molar-refractivity contribution is 7.22. The van der Waals surface area contributed by atoms with Gasteiger partial charge >= 0.3 is 12.1 Å². The van der Waals surface area contributed by atoms with Crippen LogP contribution in [0.15, 0.2) is 58.1 Å². The zero-order chi connectivity index (χ0) is 24.6. The predicted molar refractivity (Wildman–Crippen MR) is 122 cm³/mol. The molecule has 178 valence electrons. The van der Waals surface area contributed by atoms with Gasteiger partial charge in [0.1, 0.15) is 22.1 Å². The number of halogens is 3. The minimum atomic E-state index is -4.77. The molecule has 2 aromatic heterocycles. The highest BCUT2D eigenvalue weighted by Crippen LogP contribution is 2.37. The Morgan fingerprint density at radius 3 is 2.15 bits per heavy atom. The zero-order valence-electron chi connectivity index (χ0n) is 18.0. The molecule has 0 radical (unpaired) electrons. The largest absolute Gasteiger partial charge is 0.573 e. The van der Waals surface area contributed by atoms with Gasteiger partial charge in [-0.15, -0.1) is 24.5 Å². The fourth-order valence-corrected chi connectivity index (χ4v) is 4.82. The van der Waals surface area contributed by atoms with Crippen molar-refractivity contribution in [1.82, 2.24) is 9.55 Å². The van der Waals surface area contributed by atoms with Gasteiger partial charge in [-0.25, -0.2) is 4.79 Å². The van der Waals surface area contributed by atoms with Gasteiger partial charge in [0.15, 0.2) is 0 Å². The van der Waals surface area contributed by atoms with Crippen LogP contribution in [0.1, 0.15) is 12.5 Å². The van der Waals surface area contributed by atoms with Crippen molar-refractivity contribution >= 4 is 21.6 Å². The predicted octanol–water partition coefficient (Wildman–Crippen LogP) is 4.80. The first-order valence-electron chi connectivity index (χ1n) is 10.1. The molecule has 2 heterocycles. The Labute approximate surface area is 194 Å². The number of ether oxygens (including phenoxy) is 2. The van der Waals surface area contributed by atoms with E-state index in [0.717, 1.165) is 22.6 Å². The highest BCUT2D eigenvalue weighted by atomic mass is 32.1. The number of rotatable bonds is 6. The maximum Gasteiger partial charge on any atom is 0.573 e. The van der Waals surface area contributed by atoms with Crippen LogP contribution >= 0.6 is 11.3 Å². The Bertz CT molecular complexity index is 1440. The second-order valence-corrected chi connectivity index (χ2v) is 8.60. The lowest BCUT2D eigenvalue weighted by Crippen LogP contribution is -2.32. The minimum Gasteiger partial charge on any atom is -0.457 e. The van der Waals surface area contributed by atoms with E-state index in [2.05, 4.69) is 9.72 Å². The number of nitrogens with zero attached hydrogens (tertiary/aromatic N) is 1. The smallest absolute Gasteiger partial charge is 0.457 e. The van der Waals surface area contributed by atoms with Crippen molar-refractivity contribution in [2.24, 2.45) is 0 Å². The Balaban J connectivity index is 1.61. The number of aliphatic hydroxyl groups excluding tert-OH is 1. The molecular weight excluding hydrogens is 473 g/mol. The van der Waals surface area contributed by atoms with Gasteiger partial charge < -0.3 is 14.6 Å². The number of aryl methyl sites for hydroxylation is 1. The van der Waals surface area contributed by atoms with Crippen LogP contribution in [0.4, 0.5) is 13.2 Å². The van der Waals surface area contributed by atoms with Gasteiger partial charge in [-0.3, -0.25) is 14.3 Å². The monoisotopic (exact) mass is 492 g/mol. The molecule has 0 aliphatic rings. The van der Waals surface area contributed by atoms with Crippen LogP contribution in [-0.2, 0) is 6.54 Å². The number of benzene rings is 2. The minimum absolute atomic E-state index is 0.0467. The van der Waals surface area contributed by atoms with Crippen LogP contribution < -0.4 is 20.7 Å². The Kier molecular flexibility index (Phi) is 6.24. The van der Waals surface area contributed by atoms with Gasteiger partial charge in [-0.05, 0) is 73.5 Å². The first-order chi connectivity index (χ1) is 16.0. The zero-order valence-corrected chi connectivity index (χ0v) is 18.8. The summed E-state index contributed by atoms with van der Waals surface area (Å²) in [6.45, 7) is 3.39. The lowest BCUT2D eigenvalue weighted by molar-refractivity contribution is -0.274.